The average molecular weight is 246 g/mol. The summed E-state index contributed by atoms with van der Waals surface area (Å²) >= 11 is 5.36. The fourth-order valence-corrected chi connectivity index (χ4v) is 2.13. The van der Waals surface area contributed by atoms with Gasteiger partial charge in [0.05, 0.1) is 11.3 Å². The third kappa shape index (κ3) is 2.53. The summed E-state index contributed by atoms with van der Waals surface area (Å²) in [5.74, 6) is 0.743. The predicted molar refractivity (Wildman–Crippen MR) is 72.5 cm³/mol. The standard InChI is InChI=1S/C13H14N2OS/c1-8-5-4-6-11(7-8)14-13(17)12-9(2)15-16-10(12)3/h4-7H,1-3H3,(H,14,17). The Labute approximate surface area is 106 Å². The summed E-state index contributed by atoms with van der Waals surface area (Å²) in [4.78, 5) is 0.645. The Bertz CT molecular complexity index is 541. The summed E-state index contributed by atoms with van der Waals surface area (Å²) in [6, 6.07) is 8.07. The van der Waals surface area contributed by atoms with Crippen molar-refractivity contribution in [2.24, 2.45) is 0 Å². The van der Waals surface area contributed by atoms with Gasteiger partial charge in [-0.2, -0.15) is 0 Å². The lowest BCUT2D eigenvalue weighted by molar-refractivity contribution is 0.393. The number of benzene rings is 1. The van der Waals surface area contributed by atoms with Crippen molar-refractivity contribution in [2.45, 2.75) is 20.8 Å². The van der Waals surface area contributed by atoms with Crippen LogP contribution in [0.4, 0.5) is 5.69 Å². The minimum absolute atomic E-state index is 0.645. The Kier molecular flexibility index (Phi) is 3.24. The molecule has 1 aromatic carbocycles. The Morgan fingerprint density at radius 2 is 2.06 bits per heavy atom. The number of rotatable bonds is 2. The molecule has 2 aromatic rings. The highest BCUT2D eigenvalue weighted by molar-refractivity contribution is 7.81. The van der Waals surface area contributed by atoms with Crippen LogP contribution in [-0.4, -0.2) is 10.1 Å². The molecule has 0 saturated heterocycles. The van der Waals surface area contributed by atoms with Gasteiger partial charge in [-0.3, -0.25) is 0 Å². The minimum atomic E-state index is 0.645. The van der Waals surface area contributed by atoms with Crippen LogP contribution in [0.1, 0.15) is 22.6 Å². The molecule has 2 rings (SSSR count). The molecule has 3 nitrogen and oxygen atoms in total. The number of aryl methyl sites for hydroxylation is 3. The highest BCUT2D eigenvalue weighted by Crippen LogP contribution is 2.17. The van der Waals surface area contributed by atoms with Crippen molar-refractivity contribution < 1.29 is 4.52 Å². The van der Waals surface area contributed by atoms with E-state index in [2.05, 4.69) is 10.5 Å². The van der Waals surface area contributed by atoms with Crippen molar-refractivity contribution in [3.63, 3.8) is 0 Å². The number of hydrogen-bond donors (Lipinski definition) is 1. The molecule has 0 fully saturated rings. The molecule has 0 aliphatic heterocycles. The van der Waals surface area contributed by atoms with Gasteiger partial charge in [0.2, 0.25) is 0 Å². The molecule has 1 aromatic heterocycles. The number of thiocarbonyl (C=S) groups is 1. The molecular weight excluding hydrogens is 232 g/mol. The first-order valence-electron chi connectivity index (χ1n) is 5.39. The maximum Gasteiger partial charge on any atom is 0.144 e. The lowest BCUT2D eigenvalue weighted by Gasteiger charge is -2.07. The maximum atomic E-state index is 5.36. The first-order valence-corrected chi connectivity index (χ1v) is 5.79. The number of aromatic nitrogens is 1. The van der Waals surface area contributed by atoms with E-state index >= 15 is 0 Å². The zero-order valence-corrected chi connectivity index (χ0v) is 10.9. The number of nitrogens with one attached hydrogen (secondary N) is 1. The number of nitrogens with zero attached hydrogens (tertiary/aromatic N) is 1. The van der Waals surface area contributed by atoms with Gasteiger partial charge in [-0.15, -0.1) is 0 Å². The van der Waals surface area contributed by atoms with Gasteiger partial charge in [-0.1, -0.05) is 29.5 Å². The molecule has 0 atom stereocenters. The van der Waals surface area contributed by atoms with Crippen molar-refractivity contribution in [1.29, 1.82) is 0 Å². The molecular formula is C13H14N2OS. The molecule has 1 N–H and O–H groups in total. The Hall–Kier alpha value is -1.68. The molecule has 0 aliphatic carbocycles. The minimum Gasteiger partial charge on any atom is -0.361 e. The molecule has 0 saturated carbocycles. The van der Waals surface area contributed by atoms with E-state index in [9.17, 15) is 0 Å². The zero-order valence-electron chi connectivity index (χ0n) is 10.1. The molecule has 0 spiro atoms. The van der Waals surface area contributed by atoms with E-state index in [4.69, 9.17) is 16.7 Å². The highest BCUT2D eigenvalue weighted by Gasteiger charge is 2.13. The van der Waals surface area contributed by atoms with Gasteiger partial charge in [0, 0.05) is 5.69 Å². The van der Waals surface area contributed by atoms with E-state index in [0.717, 1.165) is 22.7 Å². The molecule has 17 heavy (non-hydrogen) atoms. The van der Waals surface area contributed by atoms with Crippen LogP contribution < -0.4 is 5.32 Å². The van der Waals surface area contributed by atoms with Gasteiger partial charge in [0.1, 0.15) is 10.7 Å². The zero-order chi connectivity index (χ0) is 12.4. The van der Waals surface area contributed by atoms with Crippen molar-refractivity contribution in [1.82, 2.24) is 5.16 Å². The second-order valence-electron chi connectivity index (χ2n) is 4.02. The topological polar surface area (TPSA) is 38.1 Å². The van der Waals surface area contributed by atoms with E-state index in [-0.39, 0.29) is 0 Å². The lowest BCUT2D eigenvalue weighted by Crippen LogP contribution is -2.12. The summed E-state index contributed by atoms with van der Waals surface area (Å²) in [6.45, 7) is 5.79. The quantitative estimate of drug-likeness (QED) is 0.824. The second kappa shape index (κ2) is 4.67. The van der Waals surface area contributed by atoms with Crippen LogP contribution in [0.15, 0.2) is 28.8 Å². The first-order chi connectivity index (χ1) is 8.08. The van der Waals surface area contributed by atoms with Gasteiger partial charge < -0.3 is 9.84 Å². The molecule has 0 radical (unpaired) electrons. The SMILES string of the molecule is Cc1cccc(NC(=S)c2c(C)noc2C)c1. The Balaban J connectivity index is 2.23. The van der Waals surface area contributed by atoms with Crippen molar-refractivity contribution >= 4 is 22.9 Å². The van der Waals surface area contributed by atoms with Crippen molar-refractivity contribution in [3.8, 4) is 0 Å². The van der Waals surface area contributed by atoms with Gasteiger partial charge in [-0.05, 0) is 38.5 Å². The predicted octanol–water partition coefficient (Wildman–Crippen LogP) is 3.39. The fraction of sp³-hybridized carbons (Fsp3) is 0.231. The largest absolute Gasteiger partial charge is 0.361 e. The van der Waals surface area contributed by atoms with Crippen LogP contribution in [0.25, 0.3) is 0 Å². The normalized spacial score (nSPS) is 10.3. The Morgan fingerprint density at radius 1 is 1.29 bits per heavy atom. The molecule has 0 bridgehead atoms. The summed E-state index contributed by atoms with van der Waals surface area (Å²) in [5, 5.41) is 7.09. The fourth-order valence-electron chi connectivity index (χ4n) is 1.72. The molecule has 88 valence electrons. The van der Waals surface area contributed by atoms with Crippen LogP contribution in [-0.2, 0) is 0 Å². The van der Waals surface area contributed by atoms with E-state index in [1.807, 2.05) is 45.0 Å². The number of anilines is 1. The summed E-state index contributed by atoms with van der Waals surface area (Å²) < 4.78 is 5.10. The van der Waals surface area contributed by atoms with Gasteiger partial charge in [0.25, 0.3) is 0 Å². The first kappa shape index (κ1) is 11.8. The molecule has 0 amide bonds. The van der Waals surface area contributed by atoms with Crippen LogP contribution in [0.5, 0.6) is 0 Å². The maximum absolute atomic E-state index is 5.36. The monoisotopic (exact) mass is 246 g/mol. The number of hydrogen-bond acceptors (Lipinski definition) is 3. The van der Waals surface area contributed by atoms with Gasteiger partial charge in [-0.25, -0.2) is 0 Å². The van der Waals surface area contributed by atoms with Crippen LogP contribution >= 0.6 is 12.2 Å². The smallest absolute Gasteiger partial charge is 0.144 e. The average Bonchev–Trinajstić information content (AvgIpc) is 2.58. The molecule has 1 heterocycles. The van der Waals surface area contributed by atoms with Crippen LogP contribution in [0.3, 0.4) is 0 Å². The molecule has 0 aliphatic rings. The molecule has 0 unspecified atom stereocenters. The van der Waals surface area contributed by atoms with E-state index in [1.165, 1.54) is 5.56 Å². The summed E-state index contributed by atoms with van der Waals surface area (Å²) in [6.07, 6.45) is 0. The van der Waals surface area contributed by atoms with Gasteiger partial charge in [0.15, 0.2) is 0 Å². The van der Waals surface area contributed by atoms with E-state index < -0.39 is 0 Å². The lowest BCUT2D eigenvalue weighted by atomic mass is 10.2. The second-order valence-corrected chi connectivity index (χ2v) is 4.43. The third-order valence-electron chi connectivity index (χ3n) is 2.54. The molecule has 4 heteroatoms. The van der Waals surface area contributed by atoms with E-state index in [0.29, 0.717) is 4.99 Å². The van der Waals surface area contributed by atoms with Crippen LogP contribution in [0, 0.1) is 20.8 Å². The summed E-state index contributed by atoms with van der Waals surface area (Å²) in [5.41, 5.74) is 3.86. The summed E-state index contributed by atoms with van der Waals surface area (Å²) in [7, 11) is 0. The third-order valence-corrected chi connectivity index (χ3v) is 2.84. The van der Waals surface area contributed by atoms with E-state index in [1.54, 1.807) is 0 Å². The van der Waals surface area contributed by atoms with Gasteiger partial charge >= 0.3 is 0 Å². The van der Waals surface area contributed by atoms with Crippen molar-refractivity contribution in [3.05, 3.63) is 46.8 Å². The van der Waals surface area contributed by atoms with Crippen molar-refractivity contribution in [2.75, 3.05) is 5.32 Å². The highest BCUT2D eigenvalue weighted by atomic mass is 32.1. The van der Waals surface area contributed by atoms with Crippen LogP contribution in [0.2, 0.25) is 0 Å². The Morgan fingerprint density at radius 3 is 2.65 bits per heavy atom.